The van der Waals surface area contributed by atoms with Crippen molar-refractivity contribution in [2.75, 3.05) is 19.0 Å². The second-order valence-electron chi connectivity index (χ2n) is 8.76. The average molecular weight is 553 g/mol. The summed E-state index contributed by atoms with van der Waals surface area (Å²) >= 11 is 0. The molecule has 11 heteroatoms. The van der Waals surface area contributed by atoms with Gasteiger partial charge in [-0.05, 0) is 74.0 Å². The molecule has 0 bridgehead atoms. The van der Waals surface area contributed by atoms with Crippen molar-refractivity contribution in [3.63, 3.8) is 0 Å². The number of ether oxygens (including phenoxy) is 2. The molecule has 1 N–H and O–H groups in total. The molecule has 40 heavy (non-hydrogen) atoms. The molecular formula is C29H24F4N4O3. The van der Waals surface area contributed by atoms with Crippen LogP contribution in [0.2, 0.25) is 0 Å². The SMILES string of the molecule is COCC(C)=NC(=O)c1cc(Oc2ncccc2C(F)(F)F)ccc1Nc1cccnc1-c1ccc(C)cc1F. The number of nitrogens with one attached hydrogen (secondary N) is 1. The molecule has 2 heterocycles. The number of carbonyl (C=O) groups is 1. The zero-order valence-corrected chi connectivity index (χ0v) is 21.7. The molecule has 206 valence electrons. The third-order valence-corrected chi connectivity index (χ3v) is 5.61. The lowest BCUT2D eigenvalue weighted by atomic mass is 10.1. The van der Waals surface area contributed by atoms with Crippen molar-refractivity contribution in [2.45, 2.75) is 20.0 Å². The van der Waals surface area contributed by atoms with Crippen LogP contribution in [0.25, 0.3) is 11.3 Å². The number of methoxy groups -OCH3 is 1. The second kappa shape index (κ2) is 12.0. The van der Waals surface area contributed by atoms with Gasteiger partial charge in [0.15, 0.2) is 0 Å². The summed E-state index contributed by atoms with van der Waals surface area (Å²) in [5.74, 6) is -1.92. The molecule has 0 aliphatic heterocycles. The summed E-state index contributed by atoms with van der Waals surface area (Å²) in [5.41, 5.74) is 1.18. The number of amides is 1. The third-order valence-electron chi connectivity index (χ3n) is 5.61. The highest BCUT2D eigenvalue weighted by Crippen LogP contribution is 2.38. The van der Waals surface area contributed by atoms with E-state index in [1.54, 1.807) is 38.1 Å². The Hall–Kier alpha value is -4.64. The zero-order valence-electron chi connectivity index (χ0n) is 21.7. The summed E-state index contributed by atoms with van der Waals surface area (Å²) in [6.45, 7) is 3.45. The molecule has 0 unspecified atom stereocenters. The zero-order chi connectivity index (χ0) is 28.9. The van der Waals surface area contributed by atoms with Crippen LogP contribution >= 0.6 is 0 Å². The average Bonchev–Trinajstić information content (AvgIpc) is 2.90. The van der Waals surface area contributed by atoms with E-state index >= 15 is 0 Å². The number of anilines is 2. The van der Waals surface area contributed by atoms with Gasteiger partial charge in [0.25, 0.3) is 5.91 Å². The monoisotopic (exact) mass is 552 g/mol. The van der Waals surface area contributed by atoms with Crippen molar-refractivity contribution >= 4 is 23.0 Å². The lowest BCUT2D eigenvalue weighted by molar-refractivity contribution is -0.138. The Bertz CT molecular complexity index is 1570. The fourth-order valence-corrected chi connectivity index (χ4v) is 3.83. The highest BCUT2D eigenvalue weighted by Gasteiger charge is 2.35. The fourth-order valence-electron chi connectivity index (χ4n) is 3.83. The molecule has 0 saturated heterocycles. The third kappa shape index (κ3) is 6.67. The Morgan fingerprint density at radius 1 is 1.00 bits per heavy atom. The molecule has 0 aliphatic rings. The Labute approximate surface area is 227 Å². The Morgan fingerprint density at radius 3 is 2.48 bits per heavy atom. The summed E-state index contributed by atoms with van der Waals surface area (Å²) in [6.07, 6.45) is -2.03. The Balaban J connectivity index is 1.77. The van der Waals surface area contributed by atoms with Crippen LogP contribution in [0.3, 0.4) is 0 Å². The van der Waals surface area contributed by atoms with Gasteiger partial charge >= 0.3 is 6.18 Å². The predicted molar refractivity (Wildman–Crippen MR) is 143 cm³/mol. The summed E-state index contributed by atoms with van der Waals surface area (Å²) in [6, 6.07) is 14.1. The number of pyridine rings is 2. The standard InChI is InChI=1S/C29H24F4N4O3/c1-17-8-10-20(23(30)14-17)26-25(7-5-12-34-26)37-24-11-9-19(15-21(24)27(38)36-18(2)16-39-3)40-28-22(29(31,32)33)6-4-13-35-28/h4-15,37H,16H2,1-3H3. The first-order chi connectivity index (χ1) is 19.1. The lowest BCUT2D eigenvalue weighted by Crippen LogP contribution is -2.10. The van der Waals surface area contributed by atoms with Crippen LogP contribution in [0.15, 0.2) is 78.0 Å². The molecule has 1 amide bonds. The van der Waals surface area contributed by atoms with Gasteiger partial charge in [-0.2, -0.15) is 13.2 Å². The van der Waals surface area contributed by atoms with Crippen molar-refractivity contribution in [3.8, 4) is 22.9 Å². The van der Waals surface area contributed by atoms with Crippen LogP contribution in [-0.2, 0) is 10.9 Å². The number of hydrogen-bond donors (Lipinski definition) is 1. The number of benzene rings is 2. The van der Waals surface area contributed by atoms with E-state index < -0.39 is 29.3 Å². The first kappa shape index (κ1) is 28.4. The van der Waals surface area contributed by atoms with Gasteiger partial charge in [0.05, 0.1) is 29.2 Å². The van der Waals surface area contributed by atoms with Crippen LogP contribution in [0, 0.1) is 12.7 Å². The molecule has 0 aliphatic carbocycles. The normalized spacial score (nSPS) is 11.8. The smallest absolute Gasteiger partial charge is 0.421 e. The van der Waals surface area contributed by atoms with Gasteiger partial charge in [-0.1, -0.05) is 6.07 Å². The largest absolute Gasteiger partial charge is 0.438 e. The van der Waals surface area contributed by atoms with E-state index in [4.69, 9.17) is 9.47 Å². The van der Waals surface area contributed by atoms with Gasteiger partial charge in [-0.15, -0.1) is 0 Å². The molecule has 2 aromatic heterocycles. The first-order valence-electron chi connectivity index (χ1n) is 12.0. The minimum absolute atomic E-state index is 0.0170. The van der Waals surface area contributed by atoms with Crippen molar-refractivity contribution in [3.05, 3.63) is 95.6 Å². The van der Waals surface area contributed by atoms with E-state index in [0.29, 0.717) is 17.1 Å². The highest BCUT2D eigenvalue weighted by molar-refractivity contribution is 6.07. The van der Waals surface area contributed by atoms with Crippen LogP contribution in [-0.4, -0.2) is 35.3 Å². The van der Waals surface area contributed by atoms with E-state index in [9.17, 15) is 22.4 Å². The van der Waals surface area contributed by atoms with Gasteiger partial charge in [-0.25, -0.2) is 14.4 Å². The first-order valence-corrected chi connectivity index (χ1v) is 12.0. The topological polar surface area (TPSA) is 85.7 Å². The minimum atomic E-state index is -4.70. The molecule has 7 nitrogen and oxygen atoms in total. The maximum atomic E-state index is 14.8. The minimum Gasteiger partial charge on any atom is -0.438 e. The predicted octanol–water partition coefficient (Wildman–Crippen LogP) is 7.39. The Kier molecular flexibility index (Phi) is 8.54. The molecule has 0 fully saturated rings. The summed E-state index contributed by atoms with van der Waals surface area (Å²) in [5, 5.41) is 3.09. The molecular weight excluding hydrogens is 528 g/mol. The van der Waals surface area contributed by atoms with Crippen LogP contribution in [0.5, 0.6) is 11.6 Å². The lowest BCUT2D eigenvalue weighted by Gasteiger charge is -2.16. The van der Waals surface area contributed by atoms with E-state index in [-0.39, 0.29) is 29.2 Å². The van der Waals surface area contributed by atoms with E-state index in [0.717, 1.165) is 17.7 Å². The van der Waals surface area contributed by atoms with Crippen molar-refractivity contribution in [2.24, 2.45) is 4.99 Å². The maximum Gasteiger partial charge on any atom is 0.421 e. The van der Waals surface area contributed by atoms with E-state index in [2.05, 4.69) is 20.3 Å². The van der Waals surface area contributed by atoms with Crippen LogP contribution < -0.4 is 10.1 Å². The number of hydrogen-bond acceptors (Lipinski definition) is 6. The number of rotatable bonds is 8. The fraction of sp³-hybridized carbons (Fsp3) is 0.172. The van der Waals surface area contributed by atoms with Crippen LogP contribution in [0.1, 0.15) is 28.4 Å². The van der Waals surface area contributed by atoms with Gasteiger partial charge in [0.1, 0.15) is 17.1 Å². The maximum absolute atomic E-state index is 14.8. The van der Waals surface area contributed by atoms with E-state index in [1.165, 1.54) is 43.8 Å². The molecule has 0 atom stereocenters. The second-order valence-corrected chi connectivity index (χ2v) is 8.76. The van der Waals surface area contributed by atoms with E-state index in [1.807, 2.05) is 0 Å². The quantitative estimate of drug-likeness (QED) is 0.181. The van der Waals surface area contributed by atoms with Crippen molar-refractivity contribution in [1.29, 1.82) is 0 Å². The number of aromatic nitrogens is 2. The molecule has 0 spiro atoms. The molecule has 4 rings (SSSR count). The number of nitrogens with zero attached hydrogens (tertiary/aromatic N) is 3. The summed E-state index contributed by atoms with van der Waals surface area (Å²) in [7, 11) is 1.45. The number of halogens is 4. The van der Waals surface area contributed by atoms with Gasteiger partial charge in [0.2, 0.25) is 5.88 Å². The summed E-state index contributed by atoms with van der Waals surface area (Å²) in [4.78, 5) is 25.3. The Morgan fingerprint density at radius 2 is 1.75 bits per heavy atom. The van der Waals surface area contributed by atoms with Gasteiger partial charge in [-0.3, -0.25) is 9.78 Å². The number of alkyl halides is 3. The number of carbonyl (C=O) groups excluding carboxylic acids is 1. The van der Waals surface area contributed by atoms with Gasteiger partial charge in [0, 0.05) is 30.8 Å². The number of aliphatic imine (C=N–C) groups is 1. The summed E-state index contributed by atoms with van der Waals surface area (Å²) < 4.78 is 65.7. The molecule has 4 aromatic rings. The molecule has 0 saturated carbocycles. The molecule has 0 radical (unpaired) electrons. The molecule has 2 aromatic carbocycles. The van der Waals surface area contributed by atoms with Crippen LogP contribution in [0.4, 0.5) is 28.9 Å². The highest BCUT2D eigenvalue weighted by atomic mass is 19.4. The van der Waals surface area contributed by atoms with Crippen molar-refractivity contribution < 1.29 is 31.8 Å². The van der Waals surface area contributed by atoms with Crippen molar-refractivity contribution in [1.82, 2.24) is 9.97 Å². The number of aryl methyl sites for hydroxylation is 1. The van der Waals surface area contributed by atoms with Gasteiger partial charge < -0.3 is 14.8 Å².